The van der Waals surface area contributed by atoms with Crippen LogP contribution in [0.2, 0.25) is 0 Å². The minimum atomic E-state index is -1.07. The molecule has 0 bridgehead atoms. The number of carbonyl (C=O) groups is 3. The van der Waals surface area contributed by atoms with Gasteiger partial charge in [-0.1, -0.05) is 6.07 Å². The van der Waals surface area contributed by atoms with Gasteiger partial charge in [-0.05, 0) is 31.5 Å². The highest BCUT2D eigenvalue weighted by Crippen LogP contribution is 2.50. The number of thioether (sulfide) groups is 1. The fraction of sp³-hybridized carbons (Fsp3) is 0.471. The van der Waals surface area contributed by atoms with E-state index >= 15 is 0 Å². The van der Waals surface area contributed by atoms with E-state index in [1.165, 1.54) is 42.0 Å². The zero-order chi connectivity index (χ0) is 20.1. The molecule has 0 saturated carbocycles. The summed E-state index contributed by atoms with van der Waals surface area (Å²) in [6.45, 7) is 3.52. The summed E-state index contributed by atoms with van der Waals surface area (Å²) in [5.41, 5.74) is 6.39. The molecule has 2 heterocycles. The van der Waals surface area contributed by atoms with E-state index in [0.29, 0.717) is 5.56 Å². The molecule has 0 spiro atoms. The second-order valence-corrected chi connectivity index (χ2v) is 8.76. The van der Waals surface area contributed by atoms with Gasteiger partial charge in [-0.2, -0.15) is 0 Å². The smallest absolute Gasteiger partial charge is 0.327 e. The number of fused-ring (bicyclic) bond motifs is 1. The first-order valence-corrected chi connectivity index (χ1v) is 9.12. The van der Waals surface area contributed by atoms with E-state index in [-0.39, 0.29) is 11.5 Å². The molecule has 2 aliphatic heterocycles. The molecule has 27 heavy (non-hydrogen) atoms. The van der Waals surface area contributed by atoms with Gasteiger partial charge in [-0.15, -0.1) is 11.8 Å². The van der Waals surface area contributed by atoms with Crippen molar-refractivity contribution in [3.8, 4) is 11.5 Å². The largest absolute Gasteiger partial charge is 0.504 e. The Kier molecular flexibility index (Phi) is 4.73. The Labute approximate surface area is 159 Å². The highest BCUT2D eigenvalue weighted by molar-refractivity contribution is 8.01. The summed E-state index contributed by atoms with van der Waals surface area (Å²) in [5.74, 6) is -1.98. The molecule has 10 heteroatoms. The van der Waals surface area contributed by atoms with Gasteiger partial charge >= 0.3 is 5.97 Å². The summed E-state index contributed by atoms with van der Waals surface area (Å²) in [4.78, 5) is 37.7. The van der Waals surface area contributed by atoms with E-state index in [4.69, 9.17) is 10.5 Å². The molecular formula is C17H21N3O6S. The van der Waals surface area contributed by atoms with Gasteiger partial charge in [-0.3, -0.25) is 9.59 Å². The first-order chi connectivity index (χ1) is 12.6. The van der Waals surface area contributed by atoms with Crippen molar-refractivity contribution in [2.45, 2.75) is 42.1 Å². The number of nitrogens with zero attached hydrogens (tertiary/aromatic N) is 1. The summed E-state index contributed by atoms with van der Waals surface area (Å²) >= 11 is 1.34. The van der Waals surface area contributed by atoms with Gasteiger partial charge in [0.05, 0.1) is 7.11 Å². The van der Waals surface area contributed by atoms with Crippen LogP contribution >= 0.6 is 11.8 Å². The van der Waals surface area contributed by atoms with Gasteiger partial charge in [0.25, 0.3) is 0 Å². The number of amides is 2. The van der Waals surface area contributed by atoms with Gasteiger partial charge in [0.15, 0.2) is 11.5 Å². The summed E-state index contributed by atoms with van der Waals surface area (Å²) in [7, 11) is 1.38. The normalized spacial score (nSPS) is 26.7. The first kappa shape index (κ1) is 19.3. The third-order valence-electron chi connectivity index (χ3n) is 4.82. The van der Waals surface area contributed by atoms with E-state index in [9.17, 15) is 24.6 Å². The standard InChI is InChI=1S/C17H21N3O6S/c1-17(2)12(16(24)25)20-14(23)11(15(20)27-17)19-13(22)10(18)7-4-5-8(21)9(6-7)26-3/h4-6,10-12,15,21H,18H2,1-3H3,(H,19,22)(H,24,25)/t10?,11?,12-,15+/m0/s1. The predicted octanol–water partition coefficient (Wildman–Crippen LogP) is 0.0323. The van der Waals surface area contributed by atoms with Crippen LogP contribution in [0, 0.1) is 0 Å². The second-order valence-electron chi connectivity index (χ2n) is 6.99. The van der Waals surface area contributed by atoms with Crippen molar-refractivity contribution in [3.63, 3.8) is 0 Å². The molecule has 146 valence electrons. The molecule has 3 rings (SSSR count). The number of carboxylic acid groups (broad SMARTS) is 1. The zero-order valence-corrected chi connectivity index (χ0v) is 15.8. The summed E-state index contributed by atoms with van der Waals surface area (Å²) in [5, 5.41) is 21.2. The quantitative estimate of drug-likeness (QED) is 0.512. The van der Waals surface area contributed by atoms with Crippen LogP contribution in [0.1, 0.15) is 25.5 Å². The van der Waals surface area contributed by atoms with Crippen LogP contribution < -0.4 is 15.8 Å². The lowest BCUT2D eigenvalue weighted by Gasteiger charge is -2.43. The third kappa shape index (κ3) is 3.08. The van der Waals surface area contributed by atoms with Gasteiger partial charge in [0.1, 0.15) is 23.5 Å². The van der Waals surface area contributed by atoms with Gasteiger partial charge in [0, 0.05) is 4.75 Å². The van der Waals surface area contributed by atoms with Gasteiger partial charge in [0.2, 0.25) is 11.8 Å². The number of aromatic hydroxyl groups is 1. The Morgan fingerprint density at radius 2 is 2.07 bits per heavy atom. The van der Waals surface area contributed by atoms with Crippen molar-refractivity contribution < 1.29 is 29.3 Å². The van der Waals surface area contributed by atoms with E-state index in [1.54, 1.807) is 13.8 Å². The van der Waals surface area contributed by atoms with Crippen LogP contribution in [-0.4, -0.2) is 62.2 Å². The number of carboxylic acids is 1. The highest BCUT2D eigenvalue weighted by Gasteiger charge is 2.64. The van der Waals surface area contributed by atoms with Crippen LogP contribution in [0.4, 0.5) is 0 Å². The zero-order valence-electron chi connectivity index (χ0n) is 15.0. The van der Waals surface area contributed by atoms with Crippen molar-refractivity contribution in [1.82, 2.24) is 10.2 Å². The number of rotatable bonds is 5. The number of hydrogen-bond donors (Lipinski definition) is 4. The van der Waals surface area contributed by atoms with Crippen molar-refractivity contribution in [3.05, 3.63) is 23.8 Å². The Hall–Kier alpha value is -2.46. The van der Waals surface area contributed by atoms with Crippen molar-refractivity contribution >= 4 is 29.5 Å². The molecule has 2 unspecified atom stereocenters. The number of nitrogens with one attached hydrogen (secondary N) is 1. The maximum atomic E-state index is 12.5. The molecule has 1 aromatic carbocycles. The molecule has 0 radical (unpaired) electrons. The number of benzene rings is 1. The number of carbonyl (C=O) groups excluding carboxylic acids is 2. The lowest BCUT2D eigenvalue weighted by Crippen LogP contribution is -2.71. The topological polar surface area (TPSA) is 142 Å². The maximum Gasteiger partial charge on any atom is 0.327 e. The summed E-state index contributed by atoms with van der Waals surface area (Å²) < 4.78 is 4.33. The number of methoxy groups -OCH3 is 1. The summed E-state index contributed by atoms with van der Waals surface area (Å²) in [6, 6.07) is 1.47. The van der Waals surface area contributed by atoms with E-state index in [1.807, 2.05) is 0 Å². The molecule has 9 nitrogen and oxygen atoms in total. The number of phenolic OH excluding ortho intramolecular Hbond substituents is 1. The van der Waals surface area contributed by atoms with Crippen LogP contribution in [0.25, 0.3) is 0 Å². The van der Waals surface area contributed by atoms with E-state index < -0.39 is 46.0 Å². The SMILES string of the molecule is COc1cc(C(N)C(=O)NC2C(=O)N3[C@@H]2SC(C)(C)[C@@H]3C(=O)O)ccc1O. The fourth-order valence-electron chi connectivity index (χ4n) is 3.43. The van der Waals surface area contributed by atoms with Gasteiger partial charge in [-0.25, -0.2) is 4.79 Å². The Bertz CT molecular complexity index is 814. The lowest BCUT2D eigenvalue weighted by atomic mass is 9.95. The average molecular weight is 395 g/mol. The number of aliphatic carboxylic acids is 1. The number of hydrogen-bond acceptors (Lipinski definition) is 7. The van der Waals surface area contributed by atoms with Crippen LogP contribution in [0.15, 0.2) is 18.2 Å². The molecular weight excluding hydrogens is 374 g/mol. The van der Waals surface area contributed by atoms with Crippen LogP contribution in [0.3, 0.4) is 0 Å². The van der Waals surface area contributed by atoms with Crippen LogP contribution in [0.5, 0.6) is 11.5 Å². The number of nitrogens with two attached hydrogens (primary N) is 1. The molecule has 0 aromatic heterocycles. The van der Waals surface area contributed by atoms with Gasteiger partial charge < -0.3 is 30.9 Å². The molecule has 0 aliphatic carbocycles. The number of ether oxygens (including phenoxy) is 1. The minimum Gasteiger partial charge on any atom is -0.504 e. The minimum absolute atomic E-state index is 0.0806. The molecule has 2 amide bonds. The number of β-lactam (4-membered cyclic amide) rings is 1. The molecule has 2 fully saturated rings. The molecule has 2 saturated heterocycles. The molecule has 1 aromatic rings. The average Bonchev–Trinajstić information content (AvgIpc) is 2.87. The monoisotopic (exact) mass is 395 g/mol. The van der Waals surface area contributed by atoms with Crippen molar-refractivity contribution in [2.75, 3.05) is 7.11 Å². The molecule has 5 N–H and O–H groups in total. The predicted molar refractivity (Wildman–Crippen MR) is 97.2 cm³/mol. The van der Waals surface area contributed by atoms with E-state index in [2.05, 4.69) is 5.32 Å². The fourth-order valence-corrected chi connectivity index (χ4v) is 5.05. The Balaban J connectivity index is 1.72. The second kappa shape index (κ2) is 6.61. The lowest BCUT2D eigenvalue weighted by molar-refractivity contribution is -0.161. The van der Waals surface area contributed by atoms with E-state index in [0.717, 1.165) is 0 Å². The summed E-state index contributed by atoms with van der Waals surface area (Å²) in [6.07, 6.45) is 0. The molecule has 2 aliphatic rings. The van der Waals surface area contributed by atoms with Crippen LogP contribution in [-0.2, 0) is 14.4 Å². The van der Waals surface area contributed by atoms with Crippen molar-refractivity contribution in [1.29, 1.82) is 0 Å². The first-order valence-electron chi connectivity index (χ1n) is 8.24. The van der Waals surface area contributed by atoms with Crippen molar-refractivity contribution in [2.24, 2.45) is 5.73 Å². The number of phenols is 1. The maximum absolute atomic E-state index is 12.5. The third-order valence-corrected chi connectivity index (χ3v) is 6.39. The Morgan fingerprint density at radius 1 is 1.41 bits per heavy atom. The highest BCUT2D eigenvalue weighted by atomic mass is 32.2. The molecule has 4 atom stereocenters. The Morgan fingerprint density at radius 3 is 2.67 bits per heavy atom.